The van der Waals surface area contributed by atoms with Gasteiger partial charge in [-0.3, -0.25) is 4.79 Å². The van der Waals surface area contributed by atoms with E-state index in [1.807, 2.05) is 0 Å². The number of aliphatic carboxylic acids is 1. The molecule has 1 aliphatic rings. The molecule has 1 fully saturated rings. The fourth-order valence-corrected chi connectivity index (χ4v) is 3.50. The molecule has 0 aromatic carbocycles. The van der Waals surface area contributed by atoms with Crippen molar-refractivity contribution in [2.24, 2.45) is 11.3 Å². The van der Waals surface area contributed by atoms with Gasteiger partial charge >= 0.3 is 5.97 Å². The second-order valence-electron chi connectivity index (χ2n) is 6.74. The summed E-state index contributed by atoms with van der Waals surface area (Å²) in [6.07, 6.45) is 1.78. The molecule has 0 radical (unpaired) electrons. The first-order valence-corrected chi connectivity index (χ1v) is 6.52. The topological polar surface area (TPSA) is 73.1 Å². The molecular formula is C14H24N2O2. The first-order valence-electron chi connectivity index (χ1n) is 6.52. The van der Waals surface area contributed by atoms with Gasteiger partial charge in [-0.05, 0) is 52.9 Å². The van der Waals surface area contributed by atoms with E-state index < -0.39 is 11.4 Å². The summed E-state index contributed by atoms with van der Waals surface area (Å²) in [4.78, 5) is 11.6. The van der Waals surface area contributed by atoms with E-state index in [1.165, 1.54) is 0 Å². The Morgan fingerprint density at radius 1 is 1.39 bits per heavy atom. The van der Waals surface area contributed by atoms with Crippen LogP contribution in [-0.4, -0.2) is 22.2 Å². The van der Waals surface area contributed by atoms with Gasteiger partial charge in [-0.25, -0.2) is 0 Å². The average molecular weight is 252 g/mol. The van der Waals surface area contributed by atoms with Crippen molar-refractivity contribution in [2.75, 3.05) is 0 Å². The highest BCUT2D eigenvalue weighted by Gasteiger charge is 2.51. The Kier molecular flexibility index (Phi) is 3.78. The van der Waals surface area contributed by atoms with Gasteiger partial charge in [0.1, 0.15) is 0 Å². The van der Waals surface area contributed by atoms with Crippen LogP contribution in [0.1, 0.15) is 53.9 Å². The lowest BCUT2D eigenvalue weighted by atomic mass is 9.63. The van der Waals surface area contributed by atoms with Crippen LogP contribution in [0, 0.1) is 22.7 Å². The maximum atomic E-state index is 11.6. The molecule has 1 heterocycles. The molecule has 0 spiro atoms. The quantitative estimate of drug-likeness (QED) is 0.809. The fraction of sp³-hybridized carbons (Fsp3) is 0.857. The summed E-state index contributed by atoms with van der Waals surface area (Å²) in [5.74, 6) is -1.10. The van der Waals surface area contributed by atoms with Crippen molar-refractivity contribution in [2.45, 2.75) is 65.0 Å². The van der Waals surface area contributed by atoms with Gasteiger partial charge in [-0.1, -0.05) is 6.92 Å². The highest BCUT2D eigenvalue weighted by molar-refractivity contribution is 5.78. The van der Waals surface area contributed by atoms with Crippen LogP contribution >= 0.6 is 0 Å². The lowest BCUT2D eigenvalue weighted by Crippen LogP contribution is -2.60. The van der Waals surface area contributed by atoms with Crippen LogP contribution in [0.25, 0.3) is 0 Å². The van der Waals surface area contributed by atoms with Gasteiger partial charge in [0.05, 0.1) is 6.07 Å². The summed E-state index contributed by atoms with van der Waals surface area (Å²) in [7, 11) is 0. The number of hydrogen-bond donors (Lipinski definition) is 2. The number of rotatable bonds is 3. The summed E-state index contributed by atoms with van der Waals surface area (Å²) >= 11 is 0. The number of hydrogen-bond acceptors (Lipinski definition) is 3. The molecule has 4 nitrogen and oxygen atoms in total. The Morgan fingerprint density at radius 3 is 2.11 bits per heavy atom. The smallest absolute Gasteiger partial charge is 0.324 e. The van der Waals surface area contributed by atoms with Crippen LogP contribution in [-0.2, 0) is 4.79 Å². The molecule has 1 rings (SSSR count). The lowest BCUT2D eigenvalue weighted by Gasteiger charge is -2.49. The van der Waals surface area contributed by atoms with Crippen molar-refractivity contribution < 1.29 is 9.90 Å². The van der Waals surface area contributed by atoms with Crippen LogP contribution in [0.15, 0.2) is 0 Å². The third-order valence-electron chi connectivity index (χ3n) is 4.03. The Balaban J connectivity index is 3.15. The lowest BCUT2D eigenvalue weighted by molar-refractivity contribution is -0.150. The van der Waals surface area contributed by atoms with Crippen LogP contribution < -0.4 is 5.32 Å². The van der Waals surface area contributed by atoms with E-state index in [1.54, 1.807) is 6.92 Å². The SMILES string of the molecule is CC[C@](C#N)(C(=O)O)C1CC(C)(C)NC(C)(C)C1. The van der Waals surface area contributed by atoms with Crippen molar-refractivity contribution in [3.63, 3.8) is 0 Å². The second-order valence-corrected chi connectivity index (χ2v) is 6.74. The minimum atomic E-state index is -1.25. The van der Waals surface area contributed by atoms with Gasteiger partial charge in [-0.15, -0.1) is 0 Å². The van der Waals surface area contributed by atoms with Gasteiger partial charge in [0.15, 0.2) is 5.41 Å². The maximum absolute atomic E-state index is 11.6. The number of carbonyl (C=O) groups is 1. The molecule has 0 aliphatic carbocycles. The monoisotopic (exact) mass is 252 g/mol. The molecule has 0 amide bonds. The van der Waals surface area contributed by atoms with Crippen LogP contribution in [0.3, 0.4) is 0 Å². The largest absolute Gasteiger partial charge is 0.480 e. The first-order chi connectivity index (χ1) is 8.08. The van der Waals surface area contributed by atoms with E-state index in [4.69, 9.17) is 0 Å². The molecule has 1 saturated heterocycles. The van der Waals surface area contributed by atoms with Gasteiger partial charge in [0.2, 0.25) is 0 Å². The van der Waals surface area contributed by atoms with Gasteiger partial charge in [0, 0.05) is 11.1 Å². The van der Waals surface area contributed by atoms with E-state index in [-0.39, 0.29) is 17.0 Å². The minimum absolute atomic E-state index is 0.115. The van der Waals surface area contributed by atoms with Crippen molar-refractivity contribution >= 4 is 5.97 Å². The molecule has 4 heteroatoms. The zero-order valence-corrected chi connectivity index (χ0v) is 12.0. The number of nitriles is 1. The molecule has 0 aromatic rings. The van der Waals surface area contributed by atoms with Crippen molar-refractivity contribution in [1.29, 1.82) is 5.26 Å². The number of carboxylic acid groups (broad SMARTS) is 1. The molecule has 1 aliphatic heterocycles. The molecule has 0 unspecified atom stereocenters. The summed E-state index contributed by atoms with van der Waals surface area (Å²) < 4.78 is 0. The standard InChI is InChI=1S/C14H24N2O2/c1-6-14(9-15,11(17)18)10-7-12(2,3)16-13(4,5)8-10/h10,16H,6-8H2,1-5H3,(H,17,18)/t14-/m1/s1. The van der Waals surface area contributed by atoms with Gasteiger partial charge in [0.25, 0.3) is 0 Å². The summed E-state index contributed by atoms with van der Waals surface area (Å²) in [5, 5.41) is 22.4. The normalized spacial score (nSPS) is 26.0. The van der Waals surface area contributed by atoms with Crippen molar-refractivity contribution in [1.82, 2.24) is 5.32 Å². The first kappa shape index (κ1) is 15.0. The predicted octanol–water partition coefficient (Wildman–Crippen LogP) is 2.55. The third kappa shape index (κ3) is 2.67. The van der Waals surface area contributed by atoms with E-state index in [9.17, 15) is 15.2 Å². The average Bonchev–Trinajstić information content (AvgIpc) is 2.14. The van der Waals surface area contributed by atoms with Crippen LogP contribution in [0.2, 0.25) is 0 Å². The Labute approximate surface area is 109 Å². The summed E-state index contributed by atoms with van der Waals surface area (Å²) in [6, 6.07) is 2.08. The summed E-state index contributed by atoms with van der Waals surface area (Å²) in [5.41, 5.74) is -1.53. The zero-order chi connectivity index (χ0) is 14.2. The molecule has 2 N–H and O–H groups in total. The van der Waals surface area contributed by atoms with E-state index in [2.05, 4.69) is 39.1 Å². The predicted molar refractivity (Wildman–Crippen MR) is 70.0 cm³/mol. The highest BCUT2D eigenvalue weighted by atomic mass is 16.4. The number of piperidine rings is 1. The molecular weight excluding hydrogens is 228 g/mol. The minimum Gasteiger partial charge on any atom is -0.480 e. The van der Waals surface area contributed by atoms with Crippen LogP contribution in [0.4, 0.5) is 0 Å². The number of nitrogens with zero attached hydrogens (tertiary/aromatic N) is 1. The number of carboxylic acids is 1. The van der Waals surface area contributed by atoms with Crippen molar-refractivity contribution in [3.8, 4) is 6.07 Å². The van der Waals surface area contributed by atoms with E-state index >= 15 is 0 Å². The molecule has 18 heavy (non-hydrogen) atoms. The molecule has 0 saturated carbocycles. The van der Waals surface area contributed by atoms with Gasteiger partial charge in [-0.2, -0.15) is 5.26 Å². The zero-order valence-electron chi connectivity index (χ0n) is 12.0. The van der Waals surface area contributed by atoms with Crippen molar-refractivity contribution in [3.05, 3.63) is 0 Å². The summed E-state index contributed by atoms with van der Waals surface area (Å²) in [6.45, 7) is 10.1. The molecule has 0 aromatic heterocycles. The molecule has 1 atom stereocenters. The van der Waals surface area contributed by atoms with Gasteiger partial charge < -0.3 is 10.4 Å². The Bertz CT molecular complexity index is 366. The Hall–Kier alpha value is -1.08. The number of nitrogens with one attached hydrogen (secondary N) is 1. The third-order valence-corrected chi connectivity index (χ3v) is 4.03. The van der Waals surface area contributed by atoms with E-state index in [0.717, 1.165) is 0 Å². The highest BCUT2D eigenvalue weighted by Crippen LogP contribution is 2.44. The van der Waals surface area contributed by atoms with Crippen LogP contribution in [0.5, 0.6) is 0 Å². The second kappa shape index (κ2) is 4.55. The fourth-order valence-electron chi connectivity index (χ4n) is 3.50. The molecule has 0 bridgehead atoms. The molecule has 102 valence electrons. The Morgan fingerprint density at radius 2 is 1.83 bits per heavy atom. The van der Waals surface area contributed by atoms with E-state index in [0.29, 0.717) is 19.3 Å². The maximum Gasteiger partial charge on any atom is 0.324 e.